The molecule has 0 amide bonds. The molecular weight excluding hydrogens is 536 g/mol. The Morgan fingerprint density at radius 2 is 1.88 bits per heavy atom. The average molecular weight is 581 g/mol. The molecule has 43 heavy (non-hydrogen) atoms. The molecule has 3 saturated heterocycles. The molecule has 6 atom stereocenters. The summed E-state index contributed by atoms with van der Waals surface area (Å²) >= 11 is 0. The number of pyridine rings is 1. The second kappa shape index (κ2) is 10.6. The predicted octanol–water partition coefficient (Wildman–Crippen LogP) is 5.96. The Hall–Kier alpha value is -3.00. The van der Waals surface area contributed by atoms with Gasteiger partial charge in [0.2, 0.25) is 0 Å². The molecule has 4 aliphatic heterocycles. The molecular formula is C36H44N4O3. The van der Waals surface area contributed by atoms with E-state index in [1.54, 1.807) is 6.07 Å². The molecule has 2 unspecified atom stereocenters. The van der Waals surface area contributed by atoms with Gasteiger partial charge in [0.1, 0.15) is 11.5 Å². The fourth-order valence-electron chi connectivity index (χ4n) is 9.90. The number of aromatic nitrogens is 2. The van der Waals surface area contributed by atoms with Gasteiger partial charge in [0.05, 0.1) is 16.8 Å². The summed E-state index contributed by atoms with van der Waals surface area (Å²) in [5, 5.41) is 25.4. The van der Waals surface area contributed by atoms with Crippen LogP contribution in [-0.2, 0) is 4.79 Å². The Bertz CT molecular complexity index is 1630. The topological polar surface area (TPSA) is 92.7 Å². The predicted molar refractivity (Wildman–Crippen MR) is 170 cm³/mol. The van der Waals surface area contributed by atoms with E-state index >= 15 is 0 Å². The minimum absolute atomic E-state index is 0.0303. The highest BCUT2D eigenvalue weighted by atomic mass is 16.3. The highest BCUT2D eigenvalue weighted by Gasteiger charge is 2.66. The fraction of sp³-hybridized carbons (Fsp3) is 0.556. The standard InChI is InChI=1S/C36H44N4O3/c41-25-8-7-18-40-24(9-10-25)21-35-23-39-17-6-4-2-1-3-5-15-36(43,34(35)40)22-29(30(35)14-19-39)32-33-27(13-16-37-32)28-20-26(42)11-12-31(28)38-33/h1,3,11-13,16,20,22,24,30,34,38,42-43H,2,4-10,14-15,17-19,21,23H2/b3-1-/t24?,30-,34+,35-,36-/m0/s1. The van der Waals surface area contributed by atoms with Crippen molar-refractivity contribution in [3.05, 3.63) is 54.4 Å². The van der Waals surface area contributed by atoms with E-state index in [0.717, 1.165) is 92.2 Å². The molecule has 3 fully saturated rings. The number of allylic oxidation sites excluding steroid dienone is 3. The third-order valence-corrected chi connectivity index (χ3v) is 11.5. The number of nitrogens with one attached hydrogen (secondary N) is 1. The van der Waals surface area contributed by atoms with Crippen LogP contribution in [-0.4, -0.2) is 79.6 Å². The van der Waals surface area contributed by atoms with E-state index < -0.39 is 5.60 Å². The van der Waals surface area contributed by atoms with Gasteiger partial charge in [0, 0.05) is 59.4 Å². The van der Waals surface area contributed by atoms with Gasteiger partial charge < -0.3 is 20.1 Å². The van der Waals surface area contributed by atoms with E-state index in [9.17, 15) is 15.0 Å². The van der Waals surface area contributed by atoms with Crippen LogP contribution in [0, 0.1) is 11.3 Å². The molecule has 1 spiro atoms. The van der Waals surface area contributed by atoms with Crippen LogP contribution in [0.15, 0.2) is 48.7 Å². The molecule has 1 aliphatic carbocycles. The number of phenols is 1. The van der Waals surface area contributed by atoms with Gasteiger partial charge in [-0.2, -0.15) is 0 Å². The number of nitrogens with zero attached hydrogens (tertiary/aromatic N) is 3. The number of ketones is 1. The Kier molecular flexibility index (Phi) is 6.77. The number of benzene rings is 1. The van der Waals surface area contributed by atoms with Crippen molar-refractivity contribution >= 4 is 33.2 Å². The monoisotopic (exact) mass is 580 g/mol. The van der Waals surface area contributed by atoms with Crippen LogP contribution < -0.4 is 0 Å². The van der Waals surface area contributed by atoms with Gasteiger partial charge in [-0.1, -0.05) is 12.2 Å². The molecule has 0 saturated carbocycles. The van der Waals surface area contributed by atoms with Crippen molar-refractivity contribution in [2.75, 3.05) is 26.2 Å². The van der Waals surface area contributed by atoms with E-state index in [4.69, 9.17) is 4.98 Å². The molecule has 3 bridgehead atoms. The lowest BCUT2D eigenvalue weighted by molar-refractivity contribution is -0.120. The minimum atomic E-state index is -1.00. The van der Waals surface area contributed by atoms with E-state index in [1.165, 1.54) is 18.4 Å². The van der Waals surface area contributed by atoms with Crippen molar-refractivity contribution < 1.29 is 15.0 Å². The van der Waals surface area contributed by atoms with E-state index in [-0.39, 0.29) is 23.1 Å². The van der Waals surface area contributed by atoms with Crippen LogP contribution in [0.25, 0.3) is 27.4 Å². The number of hydrogen-bond acceptors (Lipinski definition) is 6. The summed E-state index contributed by atoms with van der Waals surface area (Å²) in [4.78, 5) is 26.7. The summed E-state index contributed by atoms with van der Waals surface area (Å²) in [6.07, 6.45) is 18.9. The van der Waals surface area contributed by atoms with Crippen LogP contribution in [0.3, 0.4) is 0 Å². The Morgan fingerprint density at radius 1 is 0.977 bits per heavy atom. The van der Waals surface area contributed by atoms with Crippen molar-refractivity contribution in [1.29, 1.82) is 0 Å². The second-order valence-electron chi connectivity index (χ2n) is 14.1. The molecule has 7 heteroatoms. The molecule has 6 heterocycles. The first-order valence-electron chi connectivity index (χ1n) is 16.6. The Labute approximate surface area is 253 Å². The molecule has 226 valence electrons. The summed E-state index contributed by atoms with van der Waals surface area (Å²) in [6.45, 7) is 4.04. The van der Waals surface area contributed by atoms with Crippen molar-refractivity contribution in [1.82, 2.24) is 19.8 Å². The second-order valence-corrected chi connectivity index (χ2v) is 14.1. The lowest BCUT2D eigenvalue weighted by atomic mass is 9.54. The Morgan fingerprint density at radius 3 is 2.81 bits per heavy atom. The van der Waals surface area contributed by atoms with Gasteiger partial charge in [-0.3, -0.25) is 14.7 Å². The SMILES string of the molecule is O=C1CCCN2C(CC1)C[C@]13CN4CCCC/C=C\CC[C@](O)(C=C(c5nccc6c5[nH]c5ccc(O)cc56)[C@@H]1CC4)[C@H]23. The fourth-order valence-corrected chi connectivity index (χ4v) is 9.90. The van der Waals surface area contributed by atoms with Gasteiger partial charge in [-0.05, 0) is 119 Å². The van der Waals surface area contributed by atoms with Crippen LogP contribution in [0.4, 0.5) is 0 Å². The maximum Gasteiger partial charge on any atom is 0.133 e. The number of Topliss-reactive ketones (excluding diaryl/α,β-unsaturated/α-hetero) is 1. The quantitative estimate of drug-likeness (QED) is 0.308. The normalized spacial score (nSPS) is 36.1. The molecule has 0 radical (unpaired) electrons. The van der Waals surface area contributed by atoms with Crippen molar-refractivity contribution in [3.63, 3.8) is 0 Å². The maximum absolute atomic E-state index is 13.1. The number of carbonyl (C=O) groups excluding carboxylic acids is 1. The minimum Gasteiger partial charge on any atom is -0.508 e. The number of aromatic amines is 1. The van der Waals surface area contributed by atoms with Crippen molar-refractivity contribution in [2.24, 2.45) is 11.3 Å². The molecule has 5 aliphatic rings. The number of rotatable bonds is 1. The Balaban J connectivity index is 1.33. The van der Waals surface area contributed by atoms with Gasteiger partial charge in [-0.15, -0.1) is 0 Å². The number of phenolic OH excluding ortho intramolecular Hbond substituents is 1. The smallest absolute Gasteiger partial charge is 0.133 e. The summed E-state index contributed by atoms with van der Waals surface area (Å²) in [5.74, 6) is 0.929. The summed E-state index contributed by atoms with van der Waals surface area (Å²) in [7, 11) is 0. The van der Waals surface area contributed by atoms with Crippen LogP contribution in [0.2, 0.25) is 0 Å². The molecule has 8 rings (SSSR count). The van der Waals surface area contributed by atoms with E-state index in [1.807, 2.05) is 24.4 Å². The first-order valence-corrected chi connectivity index (χ1v) is 16.6. The summed E-state index contributed by atoms with van der Waals surface area (Å²) in [6, 6.07) is 7.88. The van der Waals surface area contributed by atoms with Crippen LogP contribution >= 0.6 is 0 Å². The van der Waals surface area contributed by atoms with Gasteiger partial charge in [0.25, 0.3) is 0 Å². The van der Waals surface area contributed by atoms with Gasteiger partial charge >= 0.3 is 0 Å². The van der Waals surface area contributed by atoms with E-state index in [2.05, 4.69) is 33.0 Å². The number of fused-ring (bicyclic) bond motifs is 5. The van der Waals surface area contributed by atoms with Crippen molar-refractivity contribution in [3.8, 4) is 5.75 Å². The molecule has 2 aromatic heterocycles. The molecule has 3 N–H and O–H groups in total. The average Bonchev–Trinajstić information content (AvgIpc) is 3.51. The van der Waals surface area contributed by atoms with Gasteiger partial charge in [0.15, 0.2) is 0 Å². The largest absolute Gasteiger partial charge is 0.508 e. The highest BCUT2D eigenvalue weighted by Crippen LogP contribution is 2.62. The lowest BCUT2D eigenvalue weighted by Gasteiger charge is -2.58. The molecule has 1 aromatic carbocycles. The van der Waals surface area contributed by atoms with Gasteiger partial charge in [-0.25, -0.2) is 0 Å². The number of hydrogen-bond donors (Lipinski definition) is 3. The summed E-state index contributed by atoms with van der Waals surface area (Å²) < 4.78 is 0. The molecule has 7 nitrogen and oxygen atoms in total. The van der Waals surface area contributed by atoms with Crippen molar-refractivity contribution in [2.45, 2.75) is 88.3 Å². The third kappa shape index (κ3) is 4.49. The van der Waals surface area contributed by atoms with Crippen LogP contribution in [0.1, 0.15) is 76.3 Å². The maximum atomic E-state index is 13.1. The third-order valence-electron chi connectivity index (χ3n) is 11.5. The number of aromatic hydroxyl groups is 1. The molecule has 3 aromatic rings. The zero-order valence-electron chi connectivity index (χ0n) is 25.1. The summed E-state index contributed by atoms with van der Waals surface area (Å²) in [5.41, 5.74) is 2.98. The zero-order chi connectivity index (χ0) is 29.2. The highest BCUT2D eigenvalue weighted by molar-refractivity contribution is 6.10. The number of carbonyl (C=O) groups is 1. The number of piperidine rings is 1. The zero-order valence-corrected chi connectivity index (χ0v) is 25.1. The van der Waals surface area contributed by atoms with E-state index in [0.29, 0.717) is 31.1 Å². The number of aliphatic hydroxyl groups is 1. The van der Waals surface area contributed by atoms with Crippen LogP contribution in [0.5, 0.6) is 5.75 Å². The number of H-pyrrole nitrogens is 1. The first-order chi connectivity index (χ1) is 21.0. The lowest BCUT2D eigenvalue weighted by Crippen LogP contribution is -2.65. The first kappa shape index (κ1) is 27.5.